The summed E-state index contributed by atoms with van der Waals surface area (Å²) in [5, 5.41) is 0. The van der Waals surface area contributed by atoms with E-state index in [1.54, 1.807) is 6.20 Å². The number of aryl methyl sites for hydroxylation is 1. The molecule has 0 amide bonds. The quantitative estimate of drug-likeness (QED) is 0.860. The zero-order valence-electron chi connectivity index (χ0n) is 12.5. The van der Waals surface area contributed by atoms with Crippen molar-refractivity contribution in [1.82, 2.24) is 9.71 Å². The van der Waals surface area contributed by atoms with Gasteiger partial charge < -0.3 is 4.62 Å². The molecule has 6 nitrogen and oxygen atoms in total. The van der Waals surface area contributed by atoms with Gasteiger partial charge in [0.1, 0.15) is 6.33 Å². The van der Waals surface area contributed by atoms with Crippen LogP contribution < -0.4 is 4.62 Å². The fourth-order valence-electron chi connectivity index (χ4n) is 2.14. The van der Waals surface area contributed by atoms with Gasteiger partial charge in [0.25, 0.3) is 0 Å². The highest BCUT2D eigenvalue weighted by atomic mass is 31.2. The highest BCUT2D eigenvalue weighted by molar-refractivity contribution is 7.47. The summed E-state index contributed by atoms with van der Waals surface area (Å²) in [6.45, 7) is 6.17. The number of imidazole rings is 1. The maximum Gasteiger partial charge on any atom is 0.546 e. The summed E-state index contributed by atoms with van der Waals surface area (Å²) in [6.07, 6.45) is 2.92. The van der Waals surface area contributed by atoms with E-state index < -0.39 is 7.82 Å². The predicted molar refractivity (Wildman–Crippen MR) is 79.1 cm³/mol. The first kappa shape index (κ1) is 15.8. The Morgan fingerprint density at radius 1 is 1.38 bits per heavy atom. The number of nitrogens with zero attached hydrogens (tertiary/aromatic N) is 2. The van der Waals surface area contributed by atoms with Crippen LogP contribution in [-0.4, -0.2) is 21.7 Å². The van der Waals surface area contributed by atoms with Crippen LogP contribution in [0.3, 0.4) is 0 Å². The minimum absolute atomic E-state index is 0.0513. The van der Waals surface area contributed by atoms with E-state index in [1.165, 1.54) is 23.0 Å². The maximum absolute atomic E-state index is 11.4. The summed E-state index contributed by atoms with van der Waals surface area (Å²) < 4.78 is 21.6. The summed E-state index contributed by atoms with van der Waals surface area (Å²) in [6, 6.07) is 6.13. The Bertz CT molecular complexity index is 683. The zero-order chi connectivity index (χ0) is 15.6. The van der Waals surface area contributed by atoms with Gasteiger partial charge in [-0.25, -0.2) is 9.55 Å². The summed E-state index contributed by atoms with van der Waals surface area (Å²) in [4.78, 5) is 13.5. The molecular weight excluding hydrogens is 291 g/mol. The van der Waals surface area contributed by atoms with Gasteiger partial charge in [-0.15, -0.1) is 0 Å². The molecule has 114 valence electrons. The molecule has 2 aromatic rings. The molecule has 0 aliphatic rings. The monoisotopic (exact) mass is 310 g/mol. The van der Waals surface area contributed by atoms with Crippen LogP contribution in [0.5, 0.6) is 0 Å². The molecule has 1 N–H and O–H groups in total. The molecule has 2 rings (SSSR count). The van der Waals surface area contributed by atoms with Gasteiger partial charge in [0.05, 0.1) is 11.9 Å². The van der Waals surface area contributed by atoms with Crippen LogP contribution in [0.1, 0.15) is 35.2 Å². The molecule has 0 saturated carbocycles. The highest BCUT2D eigenvalue weighted by Gasteiger charge is 2.22. The van der Waals surface area contributed by atoms with Crippen molar-refractivity contribution in [3.05, 3.63) is 53.1 Å². The average molecular weight is 310 g/mol. The first-order chi connectivity index (χ1) is 9.84. The Balaban J connectivity index is 2.25. The summed E-state index contributed by atoms with van der Waals surface area (Å²) >= 11 is 0. The van der Waals surface area contributed by atoms with E-state index in [9.17, 15) is 9.46 Å². The third kappa shape index (κ3) is 3.53. The highest BCUT2D eigenvalue weighted by Crippen LogP contribution is 2.38. The molecule has 1 heterocycles. The van der Waals surface area contributed by atoms with Gasteiger partial charge in [-0.3, -0.25) is 9.42 Å². The van der Waals surface area contributed by atoms with Crippen molar-refractivity contribution in [3.63, 3.8) is 0 Å². The van der Waals surface area contributed by atoms with Gasteiger partial charge in [-0.1, -0.05) is 25.1 Å². The Labute approximate surface area is 123 Å². The van der Waals surface area contributed by atoms with E-state index >= 15 is 0 Å². The SMILES string of the molecule is COP(=O)(O)On1cnc(C(C)c2cccc(C)c2C)c1. The second-order valence-electron chi connectivity index (χ2n) is 4.90. The van der Waals surface area contributed by atoms with Crippen LogP contribution in [-0.2, 0) is 9.09 Å². The van der Waals surface area contributed by atoms with Gasteiger partial charge in [0.2, 0.25) is 0 Å². The minimum atomic E-state index is -4.08. The van der Waals surface area contributed by atoms with E-state index in [-0.39, 0.29) is 5.92 Å². The number of phosphoric ester groups is 1. The van der Waals surface area contributed by atoms with Crippen LogP contribution in [0.15, 0.2) is 30.7 Å². The molecule has 1 aromatic carbocycles. The lowest BCUT2D eigenvalue weighted by atomic mass is 9.92. The van der Waals surface area contributed by atoms with Crippen molar-refractivity contribution in [2.24, 2.45) is 0 Å². The molecule has 21 heavy (non-hydrogen) atoms. The van der Waals surface area contributed by atoms with Crippen LogP contribution in [0.25, 0.3) is 0 Å². The van der Waals surface area contributed by atoms with Crippen LogP contribution in [0.4, 0.5) is 0 Å². The smallest absolute Gasteiger partial charge is 0.310 e. The Morgan fingerprint density at radius 3 is 2.76 bits per heavy atom. The van der Waals surface area contributed by atoms with Crippen molar-refractivity contribution < 1.29 is 18.6 Å². The third-order valence-corrected chi connectivity index (χ3v) is 4.42. The Hall–Kier alpha value is -1.62. The lowest BCUT2D eigenvalue weighted by Gasteiger charge is -2.14. The zero-order valence-corrected chi connectivity index (χ0v) is 13.4. The van der Waals surface area contributed by atoms with Gasteiger partial charge in [-0.05, 0) is 30.5 Å². The fourth-order valence-corrected chi connectivity index (χ4v) is 2.54. The first-order valence-electron chi connectivity index (χ1n) is 6.52. The molecule has 1 aromatic heterocycles. The summed E-state index contributed by atoms with van der Waals surface area (Å²) in [5.41, 5.74) is 4.35. The van der Waals surface area contributed by atoms with Gasteiger partial charge in [0.15, 0.2) is 0 Å². The van der Waals surface area contributed by atoms with E-state index in [0.29, 0.717) is 0 Å². The Kier molecular flexibility index (Phi) is 4.52. The molecule has 0 radical (unpaired) electrons. The number of aromatic nitrogens is 2. The molecule has 0 spiro atoms. The van der Waals surface area contributed by atoms with Crippen molar-refractivity contribution in [2.75, 3.05) is 7.11 Å². The second kappa shape index (κ2) is 6.02. The van der Waals surface area contributed by atoms with E-state index in [2.05, 4.69) is 35.5 Å². The number of benzene rings is 1. The summed E-state index contributed by atoms with van der Waals surface area (Å²) in [5.74, 6) is 0.0513. The maximum atomic E-state index is 11.4. The molecule has 0 bridgehead atoms. The van der Waals surface area contributed by atoms with Crippen LogP contribution in [0, 0.1) is 13.8 Å². The number of hydrogen-bond donors (Lipinski definition) is 1. The first-order valence-corrected chi connectivity index (χ1v) is 8.02. The number of hydrogen-bond acceptors (Lipinski definition) is 4. The fraction of sp³-hybridized carbons (Fsp3) is 0.357. The van der Waals surface area contributed by atoms with Crippen molar-refractivity contribution in [2.45, 2.75) is 26.7 Å². The number of phosphoric acid groups is 1. The summed E-state index contributed by atoms with van der Waals surface area (Å²) in [7, 11) is -2.97. The van der Waals surface area contributed by atoms with E-state index in [1.807, 2.05) is 13.0 Å². The molecule has 2 atom stereocenters. The van der Waals surface area contributed by atoms with Crippen LogP contribution >= 0.6 is 7.82 Å². The lowest BCUT2D eigenvalue weighted by Crippen LogP contribution is -2.07. The molecule has 0 fully saturated rings. The molecule has 7 heteroatoms. The van der Waals surface area contributed by atoms with E-state index in [0.717, 1.165) is 17.5 Å². The van der Waals surface area contributed by atoms with E-state index in [4.69, 9.17) is 4.62 Å². The van der Waals surface area contributed by atoms with Crippen molar-refractivity contribution in [3.8, 4) is 0 Å². The normalized spacial score (nSPS) is 15.5. The minimum Gasteiger partial charge on any atom is -0.310 e. The second-order valence-corrected chi connectivity index (χ2v) is 6.37. The van der Waals surface area contributed by atoms with Gasteiger partial charge in [-0.2, -0.15) is 4.73 Å². The topological polar surface area (TPSA) is 73.6 Å². The molecule has 0 aliphatic carbocycles. The largest absolute Gasteiger partial charge is 0.546 e. The Morgan fingerprint density at radius 2 is 2.10 bits per heavy atom. The standard InChI is InChI=1S/C14H19N2O4P/c1-10-6-5-7-13(11(10)2)12(3)14-8-16(9-15-14)20-21(17,18)19-4/h5-9,12H,1-4H3,(H,17,18). The van der Waals surface area contributed by atoms with Gasteiger partial charge >= 0.3 is 7.82 Å². The van der Waals surface area contributed by atoms with Crippen molar-refractivity contribution >= 4 is 7.82 Å². The molecule has 2 unspecified atom stereocenters. The molecule has 0 aliphatic heterocycles. The van der Waals surface area contributed by atoms with Crippen LogP contribution in [0.2, 0.25) is 0 Å². The predicted octanol–water partition coefficient (Wildman–Crippen LogP) is 2.83. The number of rotatable bonds is 5. The van der Waals surface area contributed by atoms with Crippen molar-refractivity contribution in [1.29, 1.82) is 0 Å². The molecule has 0 saturated heterocycles. The van der Waals surface area contributed by atoms with Gasteiger partial charge in [0, 0.05) is 13.0 Å². The lowest BCUT2D eigenvalue weighted by molar-refractivity contribution is 0.157. The molecular formula is C14H19N2O4P. The third-order valence-electron chi connectivity index (χ3n) is 3.56. The average Bonchev–Trinajstić information content (AvgIpc) is 2.89.